The van der Waals surface area contributed by atoms with Crippen LogP contribution in [0.4, 0.5) is 0 Å². The summed E-state index contributed by atoms with van der Waals surface area (Å²) in [6, 6.07) is 6.57. The SMILES string of the molecule is O=S1(=O)CCC(S(=O)(=O)N[C@@H]2c3ccccc3C[C@@H]2O)C1. The summed E-state index contributed by atoms with van der Waals surface area (Å²) >= 11 is 0. The van der Waals surface area contributed by atoms with Crippen LogP contribution in [-0.4, -0.2) is 44.8 Å². The van der Waals surface area contributed by atoms with Gasteiger partial charge >= 0.3 is 0 Å². The molecule has 1 aromatic rings. The predicted molar refractivity (Wildman–Crippen MR) is 78.0 cm³/mol. The fraction of sp³-hybridized carbons (Fsp3) is 0.538. The van der Waals surface area contributed by atoms with Crippen molar-refractivity contribution >= 4 is 19.9 Å². The van der Waals surface area contributed by atoms with Gasteiger partial charge in [-0.05, 0) is 17.5 Å². The van der Waals surface area contributed by atoms with Gasteiger partial charge in [0.2, 0.25) is 10.0 Å². The van der Waals surface area contributed by atoms with Gasteiger partial charge in [0.25, 0.3) is 0 Å². The molecule has 1 aromatic carbocycles. The van der Waals surface area contributed by atoms with Crippen LogP contribution in [0, 0.1) is 0 Å². The largest absolute Gasteiger partial charge is 0.391 e. The van der Waals surface area contributed by atoms with E-state index in [4.69, 9.17) is 0 Å². The van der Waals surface area contributed by atoms with Gasteiger partial charge in [-0.1, -0.05) is 24.3 Å². The van der Waals surface area contributed by atoms with E-state index in [-0.39, 0.29) is 17.9 Å². The average molecular weight is 331 g/mol. The summed E-state index contributed by atoms with van der Waals surface area (Å²) in [7, 11) is -7.05. The van der Waals surface area contributed by atoms with E-state index in [2.05, 4.69) is 4.72 Å². The van der Waals surface area contributed by atoms with Crippen LogP contribution in [0.3, 0.4) is 0 Å². The molecule has 8 heteroatoms. The van der Waals surface area contributed by atoms with Crippen LogP contribution < -0.4 is 4.72 Å². The van der Waals surface area contributed by atoms with Crippen molar-refractivity contribution in [3.63, 3.8) is 0 Å². The number of sulfone groups is 1. The number of aliphatic hydroxyl groups is 1. The topological polar surface area (TPSA) is 101 Å². The molecule has 1 saturated heterocycles. The number of aliphatic hydroxyl groups excluding tert-OH is 1. The van der Waals surface area contributed by atoms with Crippen LogP contribution in [0.2, 0.25) is 0 Å². The third-order valence-corrected chi connectivity index (χ3v) is 7.97. The van der Waals surface area contributed by atoms with E-state index in [0.29, 0.717) is 6.42 Å². The molecule has 116 valence electrons. The normalized spacial score (nSPS) is 31.2. The van der Waals surface area contributed by atoms with Crippen LogP contribution in [0.5, 0.6) is 0 Å². The van der Waals surface area contributed by atoms with Gasteiger partial charge in [-0.3, -0.25) is 0 Å². The van der Waals surface area contributed by atoms with E-state index < -0.39 is 37.3 Å². The van der Waals surface area contributed by atoms with Crippen LogP contribution >= 0.6 is 0 Å². The first-order chi connectivity index (χ1) is 9.78. The van der Waals surface area contributed by atoms with Gasteiger partial charge in [0.05, 0.1) is 28.9 Å². The number of rotatable bonds is 3. The highest BCUT2D eigenvalue weighted by atomic mass is 32.2. The lowest BCUT2D eigenvalue weighted by atomic mass is 10.1. The summed E-state index contributed by atoms with van der Waals surface area (Å²) in [6.45, 7) is 0. The maximum Gasteiger partial charge on any atom is 0.216 e. The summed E-state index contributed by atoms with van der Waals surface area (Å²) < 4.78 is 50.1. The van der Waals surface area contributed by atoms with E-state index in [1.807, 2.05) is 12.1 Å². The molecule has 1 heterocycles. The quantitative estimate of drug-likeness (QED) is 0.795. The minimum Gasteiger partial charge on any atom is -0.391 e. The highest BCUT2D eigenvalue weighted by Crippen LogP contribution is 2.32. The van der Waals surface area contributed by atoms with Crippen molar-refractivity contribution in [3.8, 4) is 0 Å². The molecule has 1 aliphatic carbocycles. The minimum atomic E-state index is -3.78. The fourth-order valence-corrected chi connectivity index (χ4v) is 7.28. The number of fused-ring (bicyclic) bond motifs is 1. The van der Waals surface area contributed by atoms with Gasteiger partial charge in [-0.2, -0.15) is 0 Å². The molecular formula is C13H17NO5S2. The number of benzene rings is 1. The first kappa shape index (κ1) is 15.0. The Balaban J connectivity index is 1.83. The number of sulfonamides is 1. The minimum absolute atomic E-state index is 0.0949. The zero-order chi connectivity index (χ0) is 15.3. The average Bonchev–Trinajstić information content (AvgIpc) is 2.91. The molecule has 21 heavy (non-hydrogen) atoms. The van der Waals surface area contributed by atoms with Gasteiger partial charge in [-0.25, -0.2) is 21.6 Å². The summed E-state index contributed by atoms with van der Waals surface area (Å²) in [4.78, 5) is 0. The van der Waals surface area contributed by atoms with Crippen molar-refractivity contribution in [2.45, 2.75) is 30.2 Å². The molecule has 6 nitrogen and oxygen atoms in total. The molecule has 2 N–H and O–H groups in total. The molecule has 1 fully saturated rings. The molecular weight excluding hydrogens is 314 g/mol. The van der Waals surface area contributed by atoms with Crippen molar-refractivity contribution in [2.75, 3.05) is 11.5 Å². The lowest BCUT2D eigenvalue weighted by molar-refractivity contribution is 0.151. The molecule has 3 atom stereocenters. The Morgan fingerprint density at radius 2 is 1.95 bits per heavy atom. The van der Waals surface area contributed by atoms with Gasteiger partial charge in [-0.15, -0.1) is 0 Å². The summed E-state index contributed by atoms with van der Waals surface area (Å²) in [5.74, 6) is -0.435. The molecule has 0 saturated carbocycles. The van der Waals surface area contributed by atoms with Gasteiger partial charge < -0.3 is 5.11 Å². The second kappa shape index (κ2) is 5.05. The molecule has 1 aliphatic heterocycles. The van der Waals surface area contributed by atoms with Crippen LogP contribution in [0.1, 0.15) is 23.6 Å². The van der Waals surface area contributed by atoms with Crippen LogP contribution in [0.25, 0.3) is 0 Å². The van der Waals surface area contributed by atoms with Crippen molar-refractivity contribution < 1.29 is 21.9 Å². The van der Waals surface area contributed by atoms with Gasteiger partial charge in [0.15, 0.2) is 9.84 Å². The first-order valence-electron chi connectivity index (χ1n) is 6.76. The molecule has 0 radical (unpaired) electrons. The standard InChI is InChI=1S/C13H17NO5S2/c15-12-7-9-3-1-2-4-11(9)13(12)14-21(18,19)10-5-6-20(16,17)8-10/h1-4,10,12-15H,5-8H2/t10?,12-,13+/m0/s1. The monoisotopic (exact) mass is 331 g/mol. The Hall–Kier alpha value is -0.960. The molecule has 0 aromatic heterocycles. The second-order valence-corrected chi connectivity index (χ2v) is 9.86. The van der Waals surface area contributed by atoms with Crippen LogP contribution in [0.15, 0.2) is 24.3 Å². The fourth-order valence-electron chi connectivity index (χ4n) is 2.99. The van der Waals surface area contributed by atoms with Crippen molar-refractivity contribution in [1.82, 2.24) is 4.72 Å². The summed E-state index contributed by atoms with van der Waals surface area (Å²) in [5, 5.41) is 9.15. The lowest BCUT2D eigenvalue weighted by Gasteiger charge is -2.20. The maximum absolute atomic E-state index is 12.3. The Morgan fingerprint density at radius 1 is 1.24 bits per heavy atom. The van der Waals surface area contributed by atoms with E-state index in [9.17, 15) is 21.9 Å². The Bertz CT molecular complexity index is 757. The predicted octanol–water partition coefficient (Wildman–Crippen LogP) is -0.249. The van der Waals surface area contributed by atoms with E-state index in [1.54, 1.807) is 12.1 Å². The van der Waals surface area contributed by atoms with E-state index >= 15 is 0 Å². The zero-order valence-corrected chi connectivity index (χ0v) is 12.9. The first-order valence-corrected chi connectivity index (χ1v) is 10.1. The zero-order valence-electron chi connectivity index (χ0n) is 11.3. The van der Waals surface area contributed by atoms with E-state index in [1.165, 1.54) is 0 Å². The van der Waals surface area contributed by atoms with Crippen molar-refractivity contribution in [2.24, 2.45) is 0 Å². The third-order valence-electron chi connectivity index (χ3n) is 4.12. The number of hydrogen-bond donors (Lipinski definition) is 2. The molecule has 1 unspecified atom stereocenters. The van der Waals surface area contributed by atoms with Crippen molar-refractivity contribution in [3.05, 3.63) is 35.4 Å². The molecule has 3 rings (SSSR count). The summed E-state index contributed by atoms with van der Waals surface area (Å²) in [6.07, 6.45) is -0.316. The van der Waals surface area contributed by atoms with Gasteiger partial charge in [0.1, 0.15) is 0 Å². The Kier molecular flexibility index (Phi) is 3.59. The Morgan fingerprint density at radius 3 is 2.62 bits per heavy atom. The van der Waals surface area contributed by atoms with Crippen LogP contribution in [-0.2, 0) is 26.3 Å². The highest BCUT2D eigenvalue weighted by molar-refractivity contribution is 7.95. The van der Waals surface area contributed by atoms with Gasteiger partial charge in [0, 0.05) is 6.42 Å². The maximum atomic E-state index is 12.3. The van der Waals surface area contributed by atoms with E-state index in [0.717, 1.165) is 11.1 Å². The Labute approximate surface area is 124 Å². The second-order valence-electron chi connectivity index (χ2n) is 5.64. The highest BCUT2D eigenvalue weighted by Gasteiger charge is 2.41. The number of hydrogen-bond acceptors (Lipinski definition) is 5. The molecule has 0 amide bonds. The number of nitrogens with one attached hydrogen (secondary N) is 1. The molecule has 0 spiro atoms. The lowest BCUT2D eigenvalue weighted by Crippen LogP contribution is -2.40. The van der Waals surface area contributed by atoms with Crippen molar-refractivity contribution in [1.29, 1.82) is 0 Å². The molecule has 2 aliphatic rings. The smallest absolute Gasteiger partial charge is 0.216 e. The third kappa shape index (κ3) is 2.85. The summed E-state index contributed by atoms with van der Waals surface area (Å²) in [5.41, 5.74) is 1.67. The molecule has 0 bridgehead atoms.